The fourth-order valence-electron chi connectivity index (χ4n) is 3.71. The molecule has 1 aliphatic carbocycles. The molecule has 0 radical (unpaired) electrons. The van der Waals surface area contributed by atoms with E-state index in [-0.39, 0.29) is 5.60 Å². The molecular formula is C17H25NO. The molecular weight excluding hydrogens is 234 g/mol. The normalized spacial score (nSPS) is 24.5. The predicted octanol–water partition coefficient (Wildman–Crippen LogP) is 3.95. The maximum Gasteiger partial charge on any atom is 0.123 e. The minimum absolute atomic E-state index is 0.0936. The van der Waals surface area contributed by atoms with E-state index >= 15 is 0 Å². The summed E-state index contributed by atoms with van der Waals surface area (Å²) in [5.41, 5.74) is 8.86. The zero-order valence-corrected chi connectivity index (χ0v) is 12.1. The lowest BCUT2D eigenvalue weighted by molar-refractivity contribution is 0.0428. The van der Waals surface area contributed by atoms with E-state index in [2.05, 4.69) is 32.0 Å². The van der Waals surface area contributed by atoms with Crippen LogP contribution in [-0.4, -0.2) is 12.1 Å². The van der Waals surface area contributed by atoms with Gasteiger partial charge in [-0.25, -0.2) is 0 Å². The van der Waals surface area contributed by atoms with E-state index in [0.29, 0.717) is 11.8 Å². The van der Waals surface area contributed by atoms with Crippen molar-refractivity contribution in [2.45, 2.75) is 63.4 Å². The molecule has 2 heteroatoms. The fraction of sp³-hybridized carbons (Fsp3) is 0.647. The summed E-state index contributed by atoms with van der Waals surface area (Å²) in [4.78, 5) is 0. The summed E-state index contributed by atoms with van der Waals surface area (Å²) in [7, 11) is 0. The first-order valence-corrected chi connectivity index (χ1v) is 7.66. The molecule has 1 atom stereocenters. The van der Waals surface area contributed by atoms with E-state index in [1.807, 2.05) is 0 Å². The van der Waals surface area contributed by atoms with Crippen molar-refractivity contribution in [2.75, 3.05) is 6.54 Å². The van der Waals surface area contributed by atoms with Crippen molar-refractivity contribution in [1.29, 1.82) is 0 Å². The van der Waals surface area contributed by atoms with Crippen LogP contribution in [0, 0.1) is 0 Å². The fourth-order valence-corrected chi connectivity index (χ4v) is 3.71. The van der Waals surface area contributed by atoms with Crippen molar-refractivity contribution in [2.24, 2.45) is 5.73 Å². The molecule has 1 aromatic carbocycles. The van der Waals surface area contributed by atoms with Gasteiger partial charge in [0.25, 0.3) is 0 Å². The molecule has 104 valence electrons. The number of hydrogen-bond acceptors (Lipinski definition) is 2. The van der Waals surface area contributed by atoms with Crippen LogP contribution in [0.25, 0.3) is 0 Å². The summed E-state index contributed by atoms with van der Waals surface area (Å²) in [5.74, 6) is 2.12. The van der Waals surface area contributed by atoms with Crippen LogP contribution in [0.3, 0.4) is 0 Å². The minimum atomic E-state index is 0.0936. The Kier molecular flexibility index (Phi) is 3.30. The van der Waals surface area contributed by atoms with Gasteiger partial charge in [0.05, 0.1) is 0 Å². The SMILES string of the molecule is CC(C)c1ccc2c(c1)C(CN)CC1(CCCC1)O2. The number of benzene rings is 1. The average Bonchev–Trinajstić information content (AvgIpc) is 2.85. The Bertz CT molecular complexity index is 460. The highest BCUT2D eigenvalue weighted by Crippen LogP contribution is 2.48. The Labute approximate surface area is 116 Å². The molecule has 3 rings (SSSR count). The largest absolute Gasteiger partial charge is 0.487 e. The number of fused-ring (bicyclic) bond motifs is 1. The quantitative estimate of drug-likeness (QED) is 0.873. The minimum Gasteiger partial charge on any atom is -0.487 e. The molecule has 0 aromatic heterocycles. The molecule has 0 bridgehead atoms. The molecule has 1 aromatic rings. The topological polar surface area (TPSA) is 35.2 Å². The van der Waals surface area contributed by atoms with Gasteiger partial charge >= 0.3 is 0 Å². The van der Waals surface area contributed by atoms with Crippen LogP contribution in [-0.2, 0) is 0 Å². The van der Waals surface area contributed by atoms with Crippen LogP contribution < -0.4 is 10.5 Å². The zero-order valence-electron chi connectivity index (χ0n) is 12.1. The molecule has 0 saturated heterocycles. The van der Waals surface area contributed by atoms with Gasteiger partial charge in [0, 0.05) is 5.92 Å². The van der Waals surface area contributed by atoms with Gasteiger partial charge in [-0.05, 0) is 61.8 Å². The van der Waals surface area contributed by atoms with E-state index in [9.17, 15) is 0 Å². The lowest BCUT2D eigenvalue weighted by Crippen LogP contribution is -2.40. The Morgan fingerprint density at radius 2 is 2.05 bits per heavy atom. The Hall–Kier alpha value is -1.02. The lowest BCUT2D eigenvalue weighted by atomic mass is 9.80. The van der Waals surface area contributed by atoms with E-state index in [1.54, 1.807) is 0 Å². The van der Waals surface area contributed by atoms with Gasteiger partial charge in [-0.3, -0.25) is 0 Å². The standard InChI is InChI=1S/C17H25NO/c1-12(2)13-5-6-16-15(9-13)14(11-18)10-17(19-16)7-3-4-8-17/h5-6,9,12,14H,3-4,7-8,10-11,18H2,1-2H3. The second-order valence-corrected chi connectivity index (χ2v) is 6.58. The van der Waals surface area contributed by atoms with Crippen LogP contribution in [0.5, 0.6) is 5.75 Å². The average molecular weight is 259 g/mol. The number of rotatable bonds is 2. The van der Waals surface area contributed by atoms with Crippen molar-refractivity contribution < 1.29 is 4.74 Å². The van der Waals surface area contributed by atoms with Crippen molar-refractivity contribution in [3.8, 4) is 5.75 Å². The predicted molar refractivity (Wildman–Crippen MR) is 78.8 cm³/mol. The van der Waals surface area contributed by atoms with Crippen molar-refractivity contribution in [3.05, 3.63) is 29.3 Å². The Morgan fingerprint density at radius 3 is 2.68 bits per heavy atom. The monoisotopic (exact) mass is 259 g/mol. The van der Waals surface area contributed by atoms with E-state index in [1.165, 1.54) is 36.8 Å². The van der Waals surface area contributed by atoms with Gasteiger partial charge in [0.1, 0.15) is 11.4 Å². The van der Waals surface area contributed by atoms with Gasteiger partial charge in [-0.15, -0.1) is 0 Å². The van der Waals surface area contributed by atoms with Gasteiger partial charge in [-0.1, -0.05) is 26.0 Å². The number of hydrogen-bond donors (Lipinski definition) is 1. The third-order valence-corrected chi connectivity index (χ3v) is 4.88. The number of ether oxygens (including phenoxy) is 1. The molecule has 1 spiro atoms. The molecule has 2 aliphatic rings. The highest BCUT2D eigenvalue weighted by Gasteiger charge is 2.42. The van der Waals surface area contributed by atoms with E-state index in [0.717, 1.165) is 18.7 Å². The van der Waals surface area contributed by atoms with Crippen molar-refractivity contribution >= 4 is 0 Å². The van der Waals surface area contributed by atoms with Crippen LogP contribution in [0.2, 0.25) is 0 Å². The molecule has 2 N–H and O–H groups in total. The van der Waals surface area contributed by atoms with Crippen LogP contribution in [0.4, 0.5) is 0 Å². The van der Waals surface area contributed by atoms with Crippen molar-refractivity contribution in [1.82, 2.24) is 0 Å². The third kappa shape index (κ3) is 2.27. The van der Waals surface area contributed by atoms with Crippen molar-refractivity contribution in [3.63, 3.8) is 0 Å². The second-order valence-electron chi connectivity index (χ2n) is 6.58. The van der Waals surface area contributed by atoms with Gasteiger partial charge in [-0.2, -0.15) is 0 Å². The molecule has 1 saturated carbocycles. The smallest absolute Gasteiger partial charge is 0.123 e. The molecule has 1 unspecified atom stereocenters. The number of nitrogens with two attached hydrogens (primary N) is 1. The van der Waals surface area contributed by atoms with E-state index < -0.39 is 0 Å². The summed E-state index contributed by atoms with van der Waals surface area (Å²) in [6, 6.07) is 6.71. The van der Waals surface area contributed by atoms with E-state index in [4.69, 9.17) is 10.5 Å². The van der Waals surface area contributed by atoms with Crippen LogP contribution >= 0.6 is 0 Å². The molecule has 1 fully saturated rings. The molecule has 1 heterocycles. The second kappa shape index (κ2) is 4.82. The van der Waals surface area contributed by atoms with Gasteiger partial charge < -0.3 is 10.5 Å². The molecule has 19 heavy (non-hydrogen) atoms. The maximum absolute atomic E-state index is 6.39. The van der Waals surface area contributed by atoms with Gasteiger partial charge in [0.15, 0.2) is 0 Å². The summed E-state index contributed by atoms with van der Waals surface area (Å²) >= 11 is 0. The molecule has 2 nitrogen and oxygen atoms in total. The van der Waals surface area contributed by atoms with Crippen LogP contribution in [0.15, 0.2) is 18.2 Å². The summed E-state index contributed by atoms with van der Waals surface area (Å²) in [6.45, 7) is 5.21. The summed E-state index contributed by atoms with van der Waals surface area (Å²) < 4.78 is 6.39. The molecule has 1 aliphatic heterocycles. The highest BCUT2D eigenvalue weighted by molar-refractivity contribution is 5.43. The molecule has 0 amide bonds. The first kappa shape index (κ1) is 13.0. The maximum atomic E-state index is 6.39. The first-order chi connectivity index (χ1) is 9.13. The Balaban J connectivity index is 1.98. The zero-order chi connectivity index (χ0) is 13.5. The first-order valence-electron chi connectivity index (χ1n) is 7.66. The van der Waals surface area contributed by atoms with Gasteiger partial charge in [0.2, 0.25) is 0 Å². The van der Waals surface area contributed by atoms with Crippen LogP contribution in [0.1, 0.15) is 68.9 Å². The highest BCUT2D eigenvalue weighted by atomic mass is 16.5. The lowest BCUT2D eigenvalue weighted by Gasteiger charge is -2.40. The summed E-state index contributed by atoms with van der Waals surface area (Å²) in [6.07, 6.45) is 6.12. The summed E-state index contributed by atoms with van der Waals surface area (Å²) in [5, 5.41) is 0. The third-order valence-electron chi connectivity index (χ3n) is 4.88. The Morgan fingerprint density at radius 1 is 1.32 bits per heavy atom.